The zero-order valence-electron chi connectivity index (χ0n) is 16.6. The fourth-order valence-electron chi connectivity index (χ4n) is 4.04. The molecule has 2 aliphatic rings. The average Bonchev–Trinajstić information content (AvgIpc) is 2.71. The second-order valence-corrected chi connectivity index (χ2v) is 6.76. The normalized spacial score (nSPS) is 21.6. The van der Waals surface area contributed by atoms with Crippen LogP contribution in [-0.2, 0) is 14.3 Å². The van der Waals surface area contributed by atoms with E-state index in [9.17, 15) is 9.59 Å². The molecule has 1 N–H and O–H groups in total. The molecule has 0 aromatic heterocycles. The Morgan fingerprint density at radius 1 is 1.07 bits per heavy atom. The van der Waals surface area contributed by atoms with Gasteiger partial charge in [0.1, 0.15) is 5.92 Å². The molecule has 0 amide bonds. The standard InChI is InChI=1S/C21H25NO6/c1-11-17(21(24)28-5)18(19-13(22-11)7-6-8-14(19)23)12-9-15(25-2)20(27-4)16(10-12)26-3/h9-10,17-18,22H,1,6-8H2,2-5H3. The monoisotopic (exact) mass is 387 g/mol. The molecule has 2 unspecified atom stereocenters. The van der Waals surface area contributed by atoms with Crippen molar-refractivity contribution in [2.75, 3.05) is 28.4 Å². The molecule has 1 aromatic carbocycles. The molecule has 0 saturated heterocycles. The molecule has 1 aliphatic heterocycles. The Balaban J connectivity index is 2.25. The first-order chi connectivity index (χ1) is 13.5. The summed E-state index contributed by atoms with van der Waals surface area (Å²) in [7, 11) is 5.90. The molecule has 0 fully saturated rings. The lowest BCUT2D eigenvalue weighted by Crippen LogP contribution is -2.40. The topological polar surface area (TPSA) is 83.1 Å². The molecule has 0 radical (unpaired) electrons. The van der Waals surface area contributed by atoms with Gasteiger partial charge in [0, 0.05) is 29.3 Å². The van der Waals surface area contributed by atoms with Crippen LogP contribution in [0.2, 0.25) is 0 Å². The van der Waals surface area contributed by atoms with Crippen molar-refractivity contribution in [3.05, 3.63) is 41.2 Å². The van der Waals surface area contributed by atoms with E-state index in [1.165, 1.54) is 28.4 Å². The van der Waals surface area contributed by atoms with Crippen LogP contribution in [0.4, 0.5) is 0 Å². The molecule has 28 heavy (non-hydrogen) atoms. The van der Waals surface area contributed by atoms with Crippen LogP contribution >= 0.6 is 0 Å². The Labute approximate surface area is 164 Å². The van der Waals surface area contributed by atoms with Crippen molar-refractivity contribution >= 4 is 11.8 Å². The smallest absolute Gasteiger partial charge is 0.315 e. The molecule has 7 heteroatoms. The Kier molecular flexibility index (Phi) is 5.63. The summed E-state index contributed by atoms with van der Waals surface area (Å²) in [6, 6.07) is 3.54. The van der Waals surface area contributed by atoms with Crippen molar-refractivity contribution in [3.63, 3.8) is 0 Å². The maximum absolute atomic E-state index is 12.8. The highest BCUT2D eigenvalue weighted by Gasteiger charge is 2.44. The van der Waals surface area contributed by atoms with Gasteiger partial charge in [0.15, 0.2) is 17.3 Å². The number of hydrogen-bond acceptors (Lipinski definition) is 7. The third-order valence-electron chi connectivity index (χ3n) is 5.29. The van der Waals surface area contributed by atoms with E-state index in [1.54, 1.807) is 12.1 Å². The van der Waals surface area contributed by atoms with Gasteiger partial charge in [0.25, 0.3) is 0 Å². The average molecular weight is 387 g/mol. The lowest BCUT2D eigenvalue weighted by Gasteiger charge is -2.38. The summed E-state index contributed by atoms with van der Waals surface area (Å²) in [5.41, 5.74) is 2.64. The highest BCUT2D eigenvalue weighted by molar-refractivity contribution is 6.00. The van der Waals surface area contributed by atoms with Crippen LogP contribution in [-0.4, -0.2) is 40.2 Å². The second-order valence-electron chi connectivity index (χ2n) is 6.76. The van der Waals surface area contributed by atoms with Gasteiger partial charge < -0.3 is 24.3 Å². The predicted octanol–water partition coefficient (Wildman–Crippen LogP) is 2.71. The van der Waals surface area contributed by atoms with Gasteiger partial charge in [-0.25, -0.2) is 0 Å². The van der Waals surface area contributed by atoms with Crippen molar-refractivity contribution in [2.45, 2.75) is 25.2 Å². The van der Waals surface area contributed by atoms with Gasteiger partial charge in [-0.05, 0) is 30.5 Å². The Morgan fingerprint density at radius 3 is 2.25 bits per heavy atom. The Bertz CT molecular complexity index is 831. The number of esters is 1. The van der Waals surface area contributed by atoms with Crippen LogP contribution in [0.25, 0.3) is 0 Å². The van der Waals surface area contributed by atoms with Crippen LogP contribution in [0.3, 0.4) is 0 Å². The first kappa shape index (κ1) is 19.8. The van der Waals surface area contributed by atoms with Gasteiger partial charge in [-0.1, -0.05) is 6.58 Å². The molecular formula is C21H25NO6. The number of carbonyl (C=O) groups is 2. The summed E-state index contributed by atoms with van der Waals surface area (Å²) in [5.74, 6) is -0.369. The molecule has 150 valence electrons. The van der Waals surface area contributed by atoms with Crippen molar-refractivity contribution in [3.8, 4) is 17.2 Å². The minimum absolute atomic E-state index is 0.0221. The fraction of sp³-hybridized carbons (Fsp3) is 0.429. The van der Waals surface area contributed by atoms with E-state index in [4.69, 9.17) is 18.9 Å². The molecule has 1 heterocycles. The Morgan fingerprint density at radius 2 is 1.71 bits per heavy atom. The van der Waals surface area contributed by atoms with E-state index >= 15 is 0 Å². The second kappa shape index (κ2) is 7.96. The highest BCUT2D eigenvalue weighted by atomic mass is 16.5. The molecule has 0 saturated carbocycles. The summed E-state index contributed by atoms with van der Waals surface area (Å²) in [5, 5.41) is 3.17. The number of benzene rings is 1. The third kappa shape index (κ3) is 3.21. The number of hydrogen-bond donors (Lipinski definition) is 1. The lowest BCUT2D eigenvalue weighted by molar-refractivity contribution is -0.144. The lowest BCUT2D eigenvalue weighted by atomic mass is 9.71. The molecule has 7 nitrogen and oxygen atoms in total. The minimum Gasteiger partial charge on any atom is -0.493 e. The summed E-state index contributed by atoms with van der Waals surface area (Å²) < 4.78 is 21.3. The molecule has 0 bridgehead atoms. The molecule has 1 aliphatic carbocycles. The maximum Gasteiger partial charge on any atom is 0.315 e. The zero-order valence-corrected chi connectivity index (χ0v) is 16.6. The number of allylic oxidation sites excluding steroid dienone is 2. The van der Waals surface area contributed by atoms with Crippen LogP contribution in [0.15, 0.2) is 35.7 Å². The van der Waals surface area contributed by atoms with Crippen molar-refractivity contribution in [2.24, 2.45) is 5.92 Å². The zero-order chi connectivity index (χ0) is 20.4. The van der Waals surface area contributed by atoms with Gasteiger partial charge in [-0.3, -0.25) is 9.59 Å². The molecule has 2 atom stereocenters. The largest absolute Gasteiger partial charge is 0.493 e. The summed E-state index contributed by atoms with van der Waals surface area (Å²) in [4.78, 5) is 25.5. The molecule has 3 rings (SSSR count). The number of methoxy groups -OCH3 is 4. The van der Waals surface area contributed by atoms with Gasteiger partial charge in [0.05, 0.1) is 28.4 Å². The van der Waals surface area contributed by atoms with E-state index in [-0.39, 0.29) is 5.78 Å². The highest BCUT2D eigenvalue weighted by Crippen LogP contribution is 2.48. The van der Waals surface area contributed by atoms with E-state index in [1.807, 2.05) is 0 Å². The minimum atomic E-state index is -0.742. The SMILES string of the molecule is C=C1NC2=C(C(=O)CCC2)C(c2cc(OC)c(OC)c(OC)c2)C1C(=O)OC. The number of Topliss-reactive ketones (excluding diaryl/α,β-unsaturated/α-hetero) is 1. The molecular weight excluding hydrogens is 362 g/mol. The summed E-state index contributed by atoms with van der Waals surface area (Å²) in [6.07, 6.45) is 1.94. The van der Waals surface area contributed by atoms with Crippen LogP contribution < -0.4 is 19.5 Å². The molecule has 0 spiro atoms. The fourth-order valence-corrected chi connectivity index (χ4v) is 4.04. The maximum atomic E-state index is 12.8. The van der Waals surface area contributed by atoms with Gasteiger partial charge in [0.2, 0.25) is 5.75 Å². The van der Waals surface area contributed by atoms with Gasteiger partial charge >= 0.3 is 5.97 Å². The van der Waals surface area contributed by atoms with Crippen LogP contribution in [0.1, 0.15) is 30.7 Å². The summed E-state index contributed by atoms with van der Waals surface area (Å²) in [6.45, 7) is 4.03. The van der Waals surface area contributed by atoms with Crippen molar-refractivity contribution in [1.82, 2.24) is 5.32 Å². The number of carbonyl (C=O) groups excluding carboxylic acids is 2. The van der Waals surface area contributed by atoms with E-state index in [0.717, 1.165) is 18.5 Å². The van der Waals surface area contributed by atoms with Crippen molar-refractivity contribution in [1.29, 1.82) is 0 Å². The number of nitrogens with one attached hydrogen (secondary N) is 1. The number of rotatable bonds is 5. The first-order valence-electron chi connectivity index (χ1n) is 9.06. The van der Waals surface area contributed by atoms with Crippen LogP contribution in [0, 0.1) is 5.92 Å². The van der Waals surface area contributed by atoms with Gasteiger partial charge in [-0.2, -0.15) is 0 Å². The van der Waals surface area contributed by atoms with Crippen LogP contribution in [0.5, 0.6) is 17.2 Å². The molecule has 1 aromatic rings. The quantitative estimate of drug-likeness (QED) is 0.778. The number of ether oxygens (including phenoxy) is 4. The van der Waals surface area contributed by atoms with Gasteiger partial charge in [-0.15, -0.1) is 0 Å². The number of ketones is 1. The van der Waals surface area contributed by atoms with E-state index < -0.39 is 17.8 Å². The summed E-state index contributed by atoms with van der Waals surface area (Å²) >= 11 is 0. The Hall–Kier alpha value is -2.96. The van der Waals surface area contributed by atoms with Crippen molar-refractivity contribution < 1.29 is 28.5 Å². The first-order valence-corrected chi connectivity index (χ1v) is 9.06. The third-order valence-corrected chi connectivity index (χ3v) is 5.29. The predicted molar refractivity (Wildman–Crippen MR) is 103 cm³/mol. The van der Waals surface area contributed by atoms with E-state index in [2.05, 4.69) is 11.9 Å². The van der Waals surface area contributed by atoms with E-state index in [0.29, 0.717) is 40.5 Å².